The van der Waals surface area contributed by atoms with Crippen molar-refractivity contribution in [2.24, 2.45) is 5.92 Å². The first kappa shape index (κ1) is 11.8. The van der Waals surface area contributed by atoms with Crippen LogP contribution >= 0.6 is 0 Å². The lowest BCUT2D eigenvalue weighted by Crippen LogP contribution is -2.10. The summed E-state index contributed by atoms with van der Waals surface area (Å²) in [5.41, 5.74) is 2.55. The van der Waals surface area contributed by atoms with Crippen molar-refractivity contribution in [2.45, 2.75) is 33.1 Å². The number of aryl methyl sites for hydroxylation is 2. The number of hydrogen-bond acceptors (Lipinski definition) is 1. The number of carbonyl (C=O) groups is 1. The van der Waals surface area contributed by atoms with Crippen LogP contribution < -0.4 is 0 Å². The number of carboxylic acid groups (broad SMARTS) is 1. The summed E-state index contributed by atoms with van der Waals surface area (Å²) in [6, 6.07) is 8.37. The second-order valence-electron chi connectivity index (χ2n) is 3.95. The van der Waals surface area contributed by atoms with Crippen LogP contribution in [0.4, 0.5) is 0 Å². The molecule has 1 aromatic carbocycles. The summed E-state index contributed by atoms with van der Waals surface area (Å²) in [4.78, 5) is 10.6. The first-order chi connectivity index (χ1) is 7.13. The fraction of sp³-hybridized carbons (Fsp3) is 0.462. The van der Waals surface area contributed by atoms with Crippen molar-refractivity contribution >= 4 is 5.97 Å². The van der Waals surface area contributed by atoms with Gasteiger partial charge in [0.05, 0.1) is 5.92 Å². The van der Waals surface area contributed by atoms with Crippen LogP contribution in [-0.2, 0) is 17.6 Å². The number of carboxylic acids is 1. The molecule has 0 aromatic heterocycles. The summed E-state index contributed by atoms with van der Waals surface area (Å²) in [5, 5.41) is 8.76. The predicted molar refractivity (Wildman–Crippen MR) is 60.9 cm³/mol. The molecular formula is C13H18O2. The number of rotatable bonds is 5. The van der Waals surface area contributed by atoms with Gasteiger partial charge in [-0.2, -0.15) is 0 Å². The van der Waals surface area contributed by atoms with Crippen LogP contribution in [0.2, 0.25) is 0 Å². The summed E-state index contributed by atoms with van der Waals surface area (Å²) in [6.07, 6.45) is 2.59. The molecule has 0 saturated carbocycles. The molecule has 0 bridgehead atoms. The molecule has 0 saturated heterocycles. The monoisotopic (exact) mass is 206 g/mol. The first-order valence-electron chi connectivity index (χ1n) is 5.44. The third kappa shape index (κ3) is 3.74. The summed E-state index contributed by atoms with van der Waals surface area (Å²) in [7, 11) is 0. The van der Waals surface area contributed by atoms with Crippen LogP contribution in [-0.4, -0.2) is 11.1 Å². The topological polar surface area (TPSA) is 37.3 Å². The zero-order chi connectivity index (χ0) is 11.3. The average Bonchev–Trinajstić information content (AvgIpc) is 2.26. The Kier molecular flexibility index (Phi) is 4.35. The Balaban J connectivity index is 2.53. The first-order valence-corrected chi connectivity index (χ1v) is 5.44. The van der Waals surface area contributed by atoms with Gasteiger partial charge in [-0.3, -0.25) is 4.79 Å². The highest BCUT2D eigenvalue weighted by Gasteiger charge is 2.10. The van der Waals surface area contributed by atoms with Gasteiger partial charge in [0.15, 0.2) is 0 Å². The molecule has 0 fully saturated rings. The smallest absolute Gasteiger partial charge is 0.306 e. The van der Waals surface area contributed by atoms with Crippen LogP contribution in [0.15, 0.2) is 24.3 Å². The van der Waals surface area contributed by atoms with Gasteiger partial charge in [-0.05, 0) is 30.4 Å². The second kappa shape index (κ2) is 5.54. The number of hydrogen-bond donors (Lipinski definition) is 1. The molecule has 0 spiro atoms. The van der Waals surface area contributed by atoms with Gasteiger partial charge in [-0.15, -0.1) is 0 Å². The molecule has 0 amide bonds. The Morgan fingerprint density at radius 1 is 1.40 bits per heavy atom. The highest BCUT2D eigenvalue weighted by Crippen LogP contribution is 2.12. The molecule has 15 heavy (non-hydrogen) atoms. The van der Waals surface area contributed by atoms with E-state index in [2.05, 4.69) is 25.1 Å². The molecule has 0 aliphatic heterocycles. The summed E-state index contributed by atoms with van der Waals surface area (Å²) >= 11 is 0. The predicted octanol–water partition coefficient (Wildman–Crippen LogP) is 2.90. The largest absolute Gasteiger partial charge is 0.481 e. The van der Waals surface area contributed by atoms with Crippen LogP contribution in [0.1, 0.15) is 31.4 Å². The molecule has 2 heteroatoms. The maximum Gasteiger partial charge on any atom is 0.306 e. The van der Waals surface area contributed by atoms with E-state index in [1.165, 1.54) is 11.1 Å². The quantitative estimate of drug-likeness (QED) is 0.804. The van der Waals surface area contributed by atoms with E-state index in [9.17, 15) is 4.79 Å². The lowest BCUT2D eigenvalue weighted by molar-refractivity contribution is -0.141. The third-order valence-corrected chi connectivity index (χ3v) is 2.69. The molecule has 1 aromatic rings. The van der Waals surface area contributed by atoms with Crippen LogP contribution in [0.25, 0.3) is 0 Å². The highest BCUT2D eigenvalue weighted by atomic mass is 16.4. The minimum absolute atomic E-state index is 0.254. The fourth-order valence-corrected chi connectivity index (χ4v) is 1.51. The van der Waals surface area contributed by atoms with E-state index in [0.29, 0.717) is 6.42 Å². The van der Waals surface area contributed by atoms with Gasteiger partial charge in [0.2, 0.25) is 0 Å². The van der Waals surface area contributed by atoms with Crippen LogP contribution in [0.5, 0.6) is 0 Å². The average molecular weight is 206 g/mol. The molecule has 2 nitrogen and oxygen atoms in total. The van der Waals surface area contributed by atoms with Crippen molar-refractivity contribution in [1.29, 1.82) is 0 Å². The molecule has 0 heterocycles. The van der Waals surface area contributed by atoms with E-state index >= 15 is 0 Å². The standard InChI is InChI=1S/C13H18O2/c1-3-11-5-4-6-12(9-11)8-7-10(2)13(14)15/h4-6,9-10H,3,7-8H2,1-2H3,(H,14,15). The summed E-state index contributed by atoms with van der Waals surface area (Å²) in [5.74, 6) is -0.961. The second-order valence-corrected chi connectivity index (χ2v) is 3.95. The lowest BCUT2D eigenvalue weighted by atomic mass is 9.99. The van der Waals surface area contributed by atoms with E-state index in [1.54, 1.807) is 6.92 Å². The SMILES string of the molecule is CCc1cccc(CCC(C)C(=O)O)c1. The van der Waals surface area contributed by atoms with E-state index < -0.39 is 5.97 Å². The molecule has 0 aliphatic rings. The molecule has 0 aliphatic carbocycles. The number of benzene rings is 1. The Bertz CT molecular complexity index is 331. The lowest BCUT2D eigenvalue weighted by Gasteiger charge is -2.06. The van der Waals surface area contributed by atoms with Gasteiger partial charge in [-0.1, -0.05) is 38.1 Å². The molecule has 82 valence electrons. The van der Waals surface area contributed by atoms with Gasteiger partial charge >= 0.3 is 5.97 Å². The van der Waals surface area contributed by atoms with Crippen molar-refractivity contribution in [3.8, 4) is 0 Å². The van der Waals surface area contributed by atoms with Crippen molar-refractivity contribution in [3.63, 3.8) is 0 Å². The van der Waals surface area contributed by atoms with Crippen molar-refractivity contribution in [3.05, 3.63) is 35.4 Å². The zero-order valence-electron chi connectivity index (χ0n) is 9.36. The van der Waals surface area contributed by atoms with Crippen LogP contribution in [0, 0.1) is 5.92 Å². The third-order valence-electron chi connectivity index (χ3n) is 2.69. The van der Waals surface area contributed by atoms with E-state index in [0.717, 1.165) is 12.8 Å². The van der Waals surface area contributed by atoms with Gasteiger partial charge < -0.3 is 5.11 Å². The summed E-state index contributed by atoms with van der Waals surface area (Å²) < 4.78 is 0. The normalized spacial score (nSPS) is 12.4. The Labute approximate surface area is 90.9 Å². The Morgan fingerprint density at radius 3 is 2.67 bits per heavy atom. The van der Waals surface area contributed by atoms with Crippen molar-refractivity contribution in [2.75, 3.05) is 0 Å². The van der Waals surface area contributed by atoms with Gasteiger partial charge in [0.1, 0.15) is 0 Å². The molecule has 1 rings (SSSR count). The van der Waals surface area contributed by atoms with Crippen molar-refractivity contribution in [1.82, 2.24) is 0 Å². The minimum Gasteiger partial charge on any atom is -0.481 e. The van der Waals surface area contributed by atoms with Gasteiger partial charge in [0.25, 0.3) is 0 Å². The van der Waals surface area contributed by atoms with Crippen LogP contribution in [0.3, 0.4) is 0 Å². The summed E-state index contributed by atoms with van der Waals surface area (Å²) in [6.45, 7) is 3.88. The maximum absolute atomic E-state index is 10.6. The molecule has 1 atom stereocenters. The van der Waals surface area contributed by atoms with E-state index in [-0.39, 0.29) is 5.92 Å². The molecule has 0 radical (unpaired) electrons. The molecule has 1 unspecified atom stereocenters. The zero-order valence-corrected chi connectivity index (χ0v) is 9.36. The van der Waals surface area contributed by atoms with Gasteiger partial charge in [0, 0.05) is 0 Å². The highest BCUT2D eigenvalue weighted by molar-refractivity contribution is 5.69. The van der Waals surface area contributed by atoms with E-state index in [4.69, 9.17) is 5.11 Å². The maximum atomic E-state index is 10.6. The van der Waals surface area contributed by atoms with Gasteiger partial charge in [-0.25, -0.2) is 0 Å². The fourth-order valence-electron chi connectivity index (χ4n) is 1.51. The van der Waals surface area contributed by atoms with Crippen molar-refractivity contribution < 1.29 is 9.90 Å². The molecular weight excluding hydrogens is 188 g/mol. The molecule has 1 N–H and O–H groups in total. The van der Waals surface area contributed by atoms with E-state index in [1.807, 2.05) is 6.07 Å². The minimum atomic E-state index is -0.707. The Morgan fingerprint density at radius 2 is 2.07 bits per heavy atom. The Hall–Kier alpha value is -1.31. The number of aliphatic carboxylic acids is 1.